The van der Waals surface area contributed by atoms with E-state index in [2.05, 4.69) is 11.0 Å². The highest BCUT2D eigenvalue weighted by Crippen LogP contribution is 2.49. The number of rotatable bonds is 5. The number of sulfonamides is 1. The molecule has 0 atom stereocenters. The van der Waals surface area contributed by atoms with E-state index in [4.69, 9.17) is 0 Å². The van der Waals surface area contributed by atoms with Gasteiger partial charge < -0.3 is 4.90 Å². The number of hydrogen-bond donors (Lipinski definition) is 0. The van der Waals surface area contributed by atoms with Crippen LogP contribution in [0.25, 0.3) is 0 Å². The van der Waals surface area contributed by atoms with Crippen LogP contribution in [-0.4, -0.2) is 38.0 Å². The molecule has 9 heteroatoms. The minimum atomic E-state index is -3.96. The summed E-state index contributed by atoms with van der Waals surface area (Å²) in [6.07, 6.45) is 2.38. The maximum absolute atomic E-state index is 13.2. The summed E-state index contributed by atoms with van der Waals surface area (Å²) in [4.78, 5) is 18.1. The molecule has 4 rings (SSSR count). The van der Waals surface area contributed by atoms with Crippen LogP contribution < -0.4 is 4.90 Å². The topological polar surface area (TPSA) is 70.1 Å². The average molecular weight is 472 g/mol. The van der Waals surface area contributed by atoms with Gasteiger partial charge >= 0.3 is 0 Å². The number of anilines is 1. The molecule has 2 aromatic rings. The minimum Gasteiger partial charge on any atom is -0.337 e. The molecule has 0 saturated carbocycles. The largest absolute Gasteiger partial charge is 0.337 e. The molecule has 31 heavy (non-hydrogen) atoms. The number of fused-ring (bicyclic) bond motifs is 1. The van der Waals surface area contributed by atoms with Crippen molar-refractivity contribution in [3.05, 3.63) is 76.7 Å². The standard InChI is InChI=1S/C22H21N3O3S3/c1-4-14-25-20(26)19(21-24(3)17-8-6-7-9-18(17)29-21)30-22(25)23-31(27,28)16-12-10-15(5-2)11-13-16/h4,6-13H,1,5,14H2,2-3H3/b21-19+,23-22?. The van der Waals surface area contributed by atoms with Gasteiger partial charge in [-0.05, 0) is 48.0 Å². The molecule has 2 aromatic carbocycles. The molecule has 1 saturated heterocycles. The summed E-state index contributed by atoms with van der Waals surface area (Å²) in [6.45, 7) is 5.87. The Morgan fingerprint density at radius 3 is 2.45 bits per heavy atom. The van der Waals surface area contributed by atoms with Crippen molar-refractivity contribution in [3.63, 3.8) is 0 Å². The number of hydrogen-bond acceptors (Lipinski definition) is 6. The van der Waals surface area contributed by atoms with Gasteiger partial charge in [0.15, 0.2) is 5.17 Å². The summed E-state index contributed by atoms with van der Waals surface area (Å²) < 4.78 is 29.9. The molecule has 0 radical (unpaired) electrons. The van der Waals surface area contributed by atoms with Crippen molar-refractivity contribution < 1.29 is 13.2 Å². The van der Waals surface area contributed by atoms with E-state index >= 15 is 0 Å². The number of carbonyl (C=O) groups is 1. The first kappa shape index (κ1) is 21.7. The second-order valence-corrected chi connectivity index (χ2v) is 10.5. The number of carbonyl (C=O) groups excluding carboxylic acids is 1. The van der Waals surface area contributed by atoms with E-state index in [1.165, 1.54) is 16.7 Å². The van der Waals surface area contributed by atoms with E-state index < -0.39 is 10.0 Å². The first-order valence-electron chi connectivity index (χ1n) is 9.65. The third-order valence-corrected chi connectivity index (χ3v) is 8.76. The van der Waals surface area contributed by atoms with Crippen LogP contribution in [0.15, 0.2) is 85.3 Å². The first-order valence-corrected chi connectivity index (χ1v) is 12.7. The van der Waals surface area contributed by atoms with Crippen molar-refractivity contribution in [2.24, 2.45) is 4.40 Å². The average Bonchev–Trinajstić information content (AvgIpc) is 3.25. The minimum absolute atomic E-state index is 0.102. The Labute approximate surface area is 190 Å². The smallest absolute Gasteiger partial charge is 0.284 e. The summed E-state index contributed by atoms with van der Waals surface area (Å²) >= 11 is 2.58. The van der Waals surface area contributed by atoms with Crippen molar-refractivity contribution in [2.45, 2.75) is 23.1 Å². The van der Waals surface area contributed by atoms with Gasteiger partial charge in [0.2, 0.25) is 0 Å². The SMILES string of the molecule is C=CCN1C(=O)/C(=C2\Sc3ccccc3N2C)SC1=NS(=O)(=O)c1ccc(CC)cc1. The maximum Gasteiger partial charge on any atom is 0.284 e. The van der Waals surface area contributed by atoms with Crippen LogP contribution in [0, 0.1) is 0 Å². The predicted octanol–water partition coefficient (Wildman–Crippen LogP) is 4.47. The van der Waals surface area contributed by atoms with E-state index in [0.29, 0.717) is 4.91 Å². The van der Waals surface area contributed by atoms with Crippen LogP contribution in [0.4, 0.5) is 5.69 Å². The highest BCUT2D eigenvalue weighted by Gasteiger charge is 2.39. The Morgan fingerprint density at radius 2 is 1.81 bits per heavy atom. The third-order valence-electron chi connectivity index (χ3n) is 4.94. The molecule has 0 bridgehead atoms. The zero-order valence-electron chi connectivity index (χ0n) is 17.1. The lowest BCUT2D eigenvalue weighted by atomic mass is 10.2. The highest BCUT2D eigenvalue weighted by atomic mass is 32.2. The number of aryl methyl sites for hydroxylation is 1. The van der Waals surface area contributed by atoms with E-state index in [1.807, 2.05) is 43.1 Å². The zero-order valence-corrected chi connectivity index (χ0v) is 19.6. The van der Waals surface area contributed by atoms with Crippen LogP contribution in [0.2, 0.25) is 0 Å². The quantitative estimate of drug-likeness (QED) is 0.474. The van der Waals surface area contributed by atoms with E-state index in [-0.39, 0.29) is 22.5 Å². The van der Waals surface area contributed by atoms with Crippen molar-refractivity contribution in [1.82, 2.24) is 4.90 Å². The van der Waals surface area contributed by atoms with Crippen molar-refractivity contribution >= 4 is 50.3 Å². The molecule has 2 aliphatic heterocycles. The number of thioether (sulfide) groups is 2. The lowest BCUT2D eigenvalue weighted by molar-refractivity contribution is -0.121. The molecule has 1 fully saturated rings. The first-order chi connectivity index (χ1) is 14.9. The second-order valence-electron chi connectivity index (χ2n) is 6.92. The van der Waals surface area contributed by atoms with Gasteiger partial charge in [0.05, 0.1) is 15.6 Å². The number of amides is 1. The van der Waals surface area contributed by atoms with Gasteiger partial charge in [-0.2, -0.15) is 8.42 Å². The van der Waals surface area contributed by atoms with Gasteiger partial charge in [0, 0.05) is 18.5 Å². The summed E-state index contributed by atoms with van der Waals surface area (Å²) in [5.74, 6) is -0.276. The van der Waals surface area contributed by atoms with E-state index in [1.54, 1.807) is 30.3 Å². The summed E-state index contributed by atoms with van der Waals surface area (Å²) in [5.41, 5.74) is 2.05. The molecular weight excluding hydrogens is 450 g/mol. The van der Waals surface area contributed by atoms with Gasteiger partial charge in [-0.15, -0.1) is 11.0 Å². The van der Waals surface area contributed by atoms with Crippen molar-refractivity contribution in [3.8, 4) is 0 Å². The summed E-state index contributed by atoms with van der Waals surface area (Å²) in [6, 6.07) is 14.5. The van der Waals surface area contributed by atoms with Crippen LogP contribution in [0.5, 0.6) is 0 Å². The number of para-hydroxylation sites is 1. The molecule has 2 aliphatic rings. The fourth-order valence-corrected chi connectivity index (χ4v) is 6.78. The number of nitrogens with zero attached hydrogens (tertiary/aromatic N) is 3. The monoisotopic (exact) mass is 471 g/mol. The van der Waals surface area contributed by atoms with E-state index in [9.17, 15) is 13.2 Å². The highest BCUT2D eigenvalue weighted by molar-refractivity contribution is 8.19. The van der Waals surface area contributed by atoms with Gasteiger partial charge in [-0.3, -0.25) is 9.69 Å². The molecule has 160 valence electrons. The molecule has 2 heterocycles. The normalized spacial score (nSPS) is 19.9. The fourth-order valence-electron chi connectivity index (χ4n) is 3.25. The Hall–Kier alpha value is -2.49. The molecule has 0 N–H and O–H groups in total. The maximum atomic E-state index is 13.2. The molecule has 0 aliphatic carbocycles. The number of amidine groups is 1. The molecule has 0 unspecified atom stereocenters. The van der Waals surface area contributed by atoms with Crippen LogP contribution in [-0.2, 0) is 21.2 Å². The number of benzene rings is 2. The molecule has 6 nitrogen and oxygen atoms in total. The molecule has 0 spiro atoms. The summed E-state index contributed by atoms with van der Waals surface area (Å²) in [5, 5.41) is 0.900. The van der Waals surface area contributed by atoms with E-state index in [0.717, 1.165) is 39.4 Å². The van der Waals surface area contributed by atoms with Crippen LogP contribution >= 0.6 is 23.5 Å². The van der Waals surface area contributed by atoms with Crippen LogP contribution in [0.3, 0.4) is 0 Å². The molecule has 0 aromatic heterocycles. The zero-order chi connectivity index (χ0) is 22.2. The Kier molecular flexibility index (Phi) is 6.00. The summed E-state index contributed by atoms with van der Waals surface area (Å²) in [7, 11) is -2.06. The lowest BCUT2D eigenvalue weighted by Gasteiger charge is -2.15. The lowest BCUT2D eigenvalue weighted by Crippen LogP contribution is -2.30. The van der Waals surface area contributed by atoms with Crippen molar-refractivity contribution in [2.75, 3.05) is 18.5 Å². The fraction of sp³-hybridized carbons (Fsp3) is 0.182. The molecular formula is C22H21N3O3S3. The Morgan fingerprint density at radius 1 is 1.10 bits per heavy atom. The van der Waals surface area contributed by atoms with Gasteiger partial charge in [-0.25, -0.2) is 0 Å². The Balaban J connectivity index is 1.73. The third kappa shape index (κ3) is 4.05. The predicted molar refractivity (Wildman–Crippen MR) is 128 cm³/mol. The van der Waals surface area contributed by atoms with Gasteiger partial charge in [0.25, 0.3) is 15.9 Å². The molecule has 1 amide bonds. The van der Waals surface area contributed by atoms with Gasteiger partial charge in [-0.1, -0.05) is 49.0 Å². The van der Waals surface area contributed by atoms with Gasteiger partial charge in [0.1, 0.15) is 4.91 Å². The Bertz CT molecular complexity index is 1220. The van der Waals surface area contributed by atoms with Crippen molar-refractivity contribution in [1.29, 1.82) is 0 Å². The second kappa shape index (κ2) is 8.57. The van der Waals surface area contributed by atoms with Crippen LogP contribution in [0.1, 0.15) is 12.5 Å².